The molecule has 0 unspecified atom stereocenters. The lowest BCUT2D eigenvalue weighted by molar-refractivity contribution is 0.0977. The van der Waals surface area contributed by atoms with Gasteiger partial charge in [-0.25, -0.2) is 4.99 Å². The lowest BCUT2D eigenvalue weighted by Gasteiger charge is -2.13. The summed E-state index contributed by atoms with van der Waals surface area (Å²) in [5, 5.41) is 10.7. The van der Waals surface area contributed by atoms with Gasteiger partial charge in [0.05, 0.1) is 12.2 Å². The van der Waals surface area contributed by atoms with Crippen LogP contribution in [-0.4, -0.2) is 27.9 Å². The molecular weight excluding hydrogens is 406 g/mol. The van der Waals surface area contributed by atoms with E-state index in [2.05, 4.69) is 27.6 Å². The fourth-order valence-electron chi connectivity index (χ4n) is 3.14. The molecule has 1 amide bonds. The first kappa shape index (κ1) is 22.6. The maximum Gasteiger partial charge on any atom is 0.257 e. The van der Waals surface area contributed by atoms with Gasteiger partial charge >= 0.3 is 0 Å². The Morgan fingerprint density at radius 1 is 1.16 bits per heavy atom. The Balaban J connectivity index is 1.83. The van der Waals surface area contributed by atoms with E-state index in [0.29, 0.717) is 18.1 Å². The van der Waals surface area contributed by atoms with Crippen molar-refractivity contribution in [3.63, 3.8) is 0 Å². The number of hydrogen-bond acceptors (Lipinski definition) is 4. The fourth-order valence-corrected chi connectivity index (χ4v) is 3.60. The number of amides is 1. The van der Waals surface area contributed by atoms with Crippen molar-refractivity contribution in [3.8, 4) is 0 Å². The van der Waals surface area contributed by atoms with Gasteiger partial charge < -0.3 is 5.32 Å². The Hall–Kier alpha value is -3.06. The zero-order valence-electron chi connectivity index (χ0n) is 18.5. The summed E-state index contributed by atoms with van der Waals surface area (Å²) in [6.07, 6.45) is 5.08. The van der Waals surface area contributed by atoms with Crippen LogP contribution >= 0.6 is 11.8 Å². The summed E-state index contributed by atoms with van der Waals surface area (Å²) in [7, 11) is 0. The Kier molecular flexibility index (Phi) is 7.89. The summed E-state index contributed by atoms with van der Waals surface area (Å²) < 4.78 is 1.94. The maximum absolute atomic E-state index is 12.8. The van der Waals surface area contributed by atoms with Gasteiger partial charge in [0, 0.05) is 34.5 Å². The number of aryl methyl sites for hydroxylation is 3. The molecule has 0 radical (unpaired) electrons. The van der Waals surface area contributed by atoms with Gasteiger partial charge in [0.2, 0.25) is 5.96 Å². The third-order valence-electron chi connectivity index (χ3n) is 4.75. The van der Waals surface area contributed by atoms with E-state index in [1.807, 2.05) is 73.4 Å². The summed E-state index contributed by atoms with van der Waals surface area (Å²) in [4.78, 5) is 18.6. The largest absolute Gasteiger partial charge is 0.326 e. The SMILES string of the molecule is CCCn1cc(CN=C(NC(=O)c2cccc(C)c2)Nc2cccc(SC)c2)c(C)n1. The molecule has 3 rings (SSSR count). The average molecular weight is 436 g/mol. The molecule has 2 aromatic carbocycles. The van der Waals surface area contributed by atoms with Gasteiger partial charge in [-0.2, -0.15) is 5.10 Å². The number of nitrogens with one attached hydrogen (secondary N) is 2. The molecule has 162 valence electrons. The molecule has 31 heavy (non-hydrogen) atoms. The van der Waals surface area contributed by atoms with Crippen LogP contribution in [0, 0.1) is 13.8 Å². The molecule has 0 bridgehead atoms. The smallest absolute Gasteiger partial charge is 0.257 e. The van der Waals surface area contributed by atoms with E-state index < -0.39 is 0 Å². The van der Waals surface area contributed by atoms with Gasteiger partial charge in [0.25, 0.3) is 5.91 Å². The third-order valence-corrected chi connectivity index (χ3v) is 5.48. The predicted molar refractivity (Wildman–Crippen MR) is 129 cm³/mol. The van der Waals surface area contributed by atoms with Crippen molar-refractivity contribution < 1.29 is 4.79 Å². The van der Waals surface area contributed by atoms with Crippen LogP contribution < -0.4 is 10.6 Å². The summed E-state index contributed by atoms with van der Waals surface area (Å²) >= 11 is 1.66. The van der Waals surface area contributed by atoms with Gasteiger partial charge in [-0.05, 0) is 56.9 Å². The third kappa shape index (κ3) is 6.46. The number of anilines is 1. The lowest BCUT2D eigenvalue weighted by Crippen LogP contribution is -2.36. The molecule has 6 nitrogen and oxygen atoms in total. The van der Waals surface area contributed by atoms with Gasteiger partial charge in [0.1, 0.15) is 0 Å². The number of carbonyl (C=O) groups excluding carboxylic acids is 1. The molecule has 3 aromatic rings. The van der Waals surface area contributed by atoms with E-state index in [-0.39, 0.29) is 5.91 Å². The van der Waals surface area contributed by atoms with Gasteiger partial charge in [-0.1, -0.05) is 30.7 Å². The number of aromatic nitrogens is 2. The van der Waals surface area contributed by atoms with E-state index in [1.165, 1.54) is 0 Å². The highest BCUT2D eigenvalue weighted by molar-refractivity contribution is 7.98. The molecule has 0 spiro atoms. The Morgan fingerprint density at radius 2 is 1.97 bits per heavy atom. The quantitative estimate of drug-likeness (QED) is 0.310. The molecule has 1 aromatic heterocycles. The van der Waals surface area contributed by atoms with Crippen molar-refractivity contribution in [2.24, 2.45) is 4.99 Å². The molecule has 0 atom stereocenters. The second-order valence-electron chi connectivity index (χ2n) is 7.35. The molecule has 1 heterocycles. The average Bonchev–Trinajstić information content (AvgIpc) is 3.11. The fraction of sp³-hybridized carbons (Fsp3) is 0.292. The standard InChI is InChI=1S/C24H29N5OS/c1-5-12-29-16-20(18(3)28-29)15-25-24(26-21-10-7-11-22(14-21)31-4)27-23(30)19-9-6-8-17(2)13-19/h6-11,13-14,16H,5,12,15H2,1-4H3,(H2,25,26,27,30). The molecule has 0 aliphatic carbocycles. The number of carbonyl (C=O) groups is 1. The molecule has 0 aliphatic rings. The van der Waals surface area contributed by atoms with E-state index in [9.17, 15) is 4.79 Å². The van der Waals surface area contributed by atoms with Crippen LogP contribution in [0.3, 0.4) is 0 Å². The van der Waals surface area contributed by atoms with Crippen molar-refractivity contribution in [2.45, 2.75) is 45.2 Å². The number of aliphatic imine (C=N–C) groups is 1. The zero-order chi connectivity index (χ0) is 22.2. The summed E-state index contributed by atoms with van der Waals surface area (Å²) in [5.41, 5.74) is 4.49. The highest BCUT2D eigenvalue weighted by atomic mass is 32.2. The first-order chi connectivity index (χ1) is 15.0. The number of benzene rings is 2. The maximum atomic E-state index is 12.8. The summed E-state index contributed by atoms with van der Waals surface area (Å²) in [6, 6.07) is 15.5. The Bertz CT molecular complexity index is 1070. The van der Waals surface area contributed by atoms with Crippen molar-refractivity contribution >= 4 is 29.3 Å². The summed E-state index contributed by atoms with van der Waals surface area (Å²) in [6.45, 7) is 7.38. The second kappa shape index (κ2) is 10.8. The van der Waals surface area contributed by atoms with Gasteiger partial charge in [-0.3, -0.25) is 14.8 Å². The van der Waals surface area contributed by atoms with Crippen LogP contribution in [-0.2, 0) is 13.1 Å². The molecular formula is C24H29N5OS. The highest BCUT2D eigenvalue weighted by Crippen LogP contribution is 2.19. The van der Waals surface area contributed by atoms with Crippen LogP contribution in [0.5, 0.6) is 0 Å². The molecule has 0 saturated heterocycles. The minimum atomic E-state index is -0.200. The number of thioether (sulfide) groups is 1. The van der Waals surface area contributed by atoms with Crippen LogP contribution in [0.1, 0.15) is 40.5 Å². The normalized spacial score (nSPS) is 11.4. The number of nitrogens with zero attached hydrogens (tertiary/aromatic N) is 3. The van der Waals surface area contributed by atoms with E-state index in [0.717, 1.165) is 40.4 Å². The van der Waals surface area contributed by atoms with Crippen LogP contribution in [0.15, 0.2) is 64.6 Å². The van der Waals surface area contributed by atoms with E-state index >= 15 is 0 Å². The van der Waals surface area contributed by atoms with Crippen LogP contribution in [0.4, 0.5) is 5.69 Å². The number of hydrogen-bond donors (Lipinski definition) is 2. The van der Waals surface area contributed by atoms with Crippen LogP contribution in [0.25, 0.3) is 0 Å². The Morgan fingerprint density at radius 3 is 2.71 bits per heavy atom. The molecule has 0 aliphatic heterocycles. The van der Waals surface area contributed by atoms with Crippen molar-refractivity contribution in [1.29, 1.82) is 0 Å². The Labute approximate surface area is 188 Å². The highest BCUT2D eigenvalue weighted by Gasteiger charge is 2.11. The van der Waals surface area contributed by atoms with Crippen LogP contribution in [0.2, 0.25) is 0 Å². The minimum absolute atomic E-state index is 0.200. The van der Waals surface area contributed by atoms with Crippen molar-refractivity contribution in [3.05, 3.63) is 77.1 Å². The number of guanidine groups is 1. The molecule has 0 saturated carbocycles. The molecule has 7 heteroatoms. The van der Waals surface area contributed by atoms with Crippen molar-refractivity contribution in [1.82, 2.24) is 15.1 Å². The minimum Gasteiger partial charge on any atom is -0.326 e. The van der Waals surface area contributed by atoms with E-state index in [1.54, 1.807) is 17.8 Å². The predicted octanol–water partition coefficient (Wildman–Crippen LogP) is 5.03. The molecule has 2 N–H and O–H groups in total. The first-order valence-electron chi connectivity index (χ1n) is 10.3. The first-order valence-corrected chi connectivity index (χ1v) is 11.6. The topological polar surface area (TPSA) is 71.3 Å². The van der Waals surface area contributed by atoms with Gasteiger partial charge in [-0.15, -0.1) is 11.8 Å². The van der Waals surface area contributed by atoms with Gasteiger partial charge in [0.15, 0.2) is 0 Å². The number of rotatable bonds is 7. The van der Waals surface area contributed by atoms with Crippen molar-refractivity contribution in [2.75, 3.05) is 11.6 Å². The zero-order valence-corrected chi connectivity index (χ0v) is 19.3. The summed E-state index contributed by atoms with van der Waals surface area (Å²) in [5.74, 6) is 0.210. The molecule has 0 fully saturated rings. The second-order valence-corrected chi connectivity index (χ2v) is 8.23. The monoisotopic (exact) mass is 435 g/mol. The van der Waals surface area contributed by atoms with E-state index in [4.69, 9.17) is 0 Å². The lowest BCUT2D eigenvalue weighted by atomic mass is 10.1.